The molecule has 0 saturated carbocycles. The summed E-state index contributed by atoms with van der Waals surface area (Å²) in [5.74, 6) is -0.903. The van der Waals surface area contributed by atoms with E-state index in [1.807, 2.05) is 0 Å². The fourth-order valence-electron chi connectivity index (χ4n) is 1.16. The Morgan fingerprint density at radius 2 is 2.33 bits per heavy atom. The summed E-state index contributed by atoms with van der Waals surface area (Å²) in [6.45, 7) is 1.05. The van der Waals surface area contributed by atoms with E-state index >= 15 is 0 Å². The summed E-state index contributed by atoms with van der Waals surface area (Å²) in [4.78, 5) is 10.7. The molecule has 4 N–H and O–H groups in total. The lowest BCUT2D eigenvalue weighted by molar-refractivity contribution is -0.114. The maximum Gasteiger partial charge on any atom is 0.221 e. The van der Waals surface area contributed by atoms with Crippen molar-refractivity contribution in [2.45, 2.75) is 13.0 Å². The van der Waals surface area contributed by atoms with Gasteiger partial charge in [0, 0.05) is 6.92 Å². The van der Waals surface area contributed by atoms with Gasteiger partial charge >= 0.3 is 0 Å². The summed E-state index contributed by atoms with van der Waals surface area (Å²) in [6.07, 6.45) is 0. The minimum atomic E-state index is -0.606. The van der Waals surface area contributed by atoms with Crippen LogP contribution in [0.5, 0.6) is 0 Å². The molecule has 5 heteroatoms. The predicted octanol–water partition coefficient (Wildman–Crippen LogP) is 0.776. The molecule has 0 aromatic heterocycles. The van der Waals surface area contributed by atoms with E-state index in [0.717, 1.165) is 0 Å². The lowest BCUT2D eigenvalue weighted by atomic mass is 10.1. The first-order chi connectivity index (χ1) is 7.04. The smallest absolute Gasteiger partial charge is 0.221 e. The van der Waals surface area contributed by atoms with Crippen LogP contribution in [0.3, 0.4) is 0 Å². The first-order valence-corrected chi connectivity index (χ1v) is 4.48. The minimum absolute atomic E-state index is 0.108. The van der Waals surface area contributed by atoms with Crippen LogP contribution in [0.15, 0.2) is 18.2 Å². The highest BCUT2D eigenvalue weighted by Crippen LogP contribution is 2.18. The summed E-state index contributed by atoms with van der Waals surface area (Å²) in [5, 5.41) is 11.1. The number of benzene rings is 1. The average molecular weight is 212 g/mol. The number of aliphatic hydroxyl groups excluding tert-OH is 1. The summed E-state index contributed by atoms with van der Waals surface area (Å²) in [6, 6.07) is 3.58. The lowest BCUT2D eigenvalue weighted by Crippen LogP contribution is -2.15. The molecule has 1 aromatic carbocycles. The molecule has 0 aliphatic heterocycles. The lowest BCUT2D eigenvalue weighted by Gasteiger charge is -2.10. The van der Waals surface area contributed by atoms with Crippen LogP contribution < -0.4 is 11.1 Å². The molecular formula is C10H13FN2O2. The Hall–Kier alpha value is -1.46. The number of hydrogen-bond donors (Lipinski definition) is 3. The van der Waals surface area contributed by atoms with E-state index in [-0.39, 0.29) is 18.2 Å². The molecule has 1 atom stereocenters. The molecule has 82 valence electrons. The van der Waals surface area contributed by atoms with Gasteiger partial charge in [-0.15, -0.1) is 0 Å². The second kappa shape index (κ2) is 4.86. The number of aliphatic hydroxyl groups is 1. The van der Waals surface area contributed by atoms with Crippen LogP contribution in [0.25, 0.3) is 0 Å². The van der Waals surface area contributed by atoms with Crippen molar-refractivity contribution in [2.24, 2.45) is 5.73 Å². The normalized spacial score (nSPS) is 12.3. The Labute approximate surface area is 86.9 Å². The Morgan fingerprint density at radius 3 is 2.80 bits per heavy atom. The Balaban J connectivity index is 2.92. The first kappa shape index (κ1) is 11.6. The van der Waals surface area contributed by atoms with Gasteiger partial charge in [0.05, 0.1) is 18.3 Å². The molecule has 0 heterocycles. The number of carbonyl (C=O) groups excluding carboxylic acids is 1. The van der Waals surface area contributed by atoms with Gasteiger partial charge in [0.2, 0.25) is 5.91 Å². The van der Waals surface area contributed by atoms with Crippen LogP contribution in [0, 0.1) is 5.82 Å². The topological polar surface area (TPSA) is 75.4 Å². The summed E-state index contributed by atoms with van der Waals surface area (Å²) in [5.41, 5.74) is 6.11. The van der Waals surface area contributed by atoms with Crippen LogP contribution in [0.2, 0.25) is 0 Å². The molecule has 0 bridgehead atoms. The zero-order valence-electron chi connectivity index (χ0n) is 8.33. The van der Waals surface area contributed by atoms with Crippen molar-refractivity contribution in [3.05, 3.63) is 29.6 Å². The maximum absolute atomic E-state index is 13.4. The minimum Gasteiger partial charge on any atom is -0.394 e. The summed E-state index contributed by atoms with van der Waals surface area (Å²) < 4.78 is 13.4. The van der Waals surface area contributed by atoms with Crippen molar-refractivity contribution in [3.8, 4) is 0 Å². The Morgan fingerprint density at radius 1 is 1.67 bits per heavy atom. The van der Waals surface area contributed by atoms with Crippen LogP contribution in [0.1, 0.15) is 18.5 Å². The van der Waals surface area contributed by atoms with Crippen molar-refractivity contribution < 1.29 is 14.3 Å². The molecule has 1 rings (SSSR count). The first-order valence-electron chi connectivity index (χ1n) is 4.48. The molecule has 0 spiro atoms. The Kier molecular flexibility index (Phi) is 3.76. The van der Waals surface area contributed by atoms with Gasteiger partial charge in [-0.3, -0.25) is 4.79 Å². The highest BCUT2D eigenvalue weighted by atomic mass is 19.1. The average Bonchev–Trinajstić information content (AvgIpc) is 2.19. The SMILES string of the molecule is CC(=O)Nc1ccc([C@@H](N)CO)cc1F. The van der Waals surface area contributed by atoms with Gasteiger partial charge in [0.15, 0.2) is 0 Å². The molecule has 0 aliphatic carbocycles. The molecule has 0 aliphatic rings. The third-order valence-electron chi connectivity index (χ3n) is 1.93. The van der Waals surface area contributed by atoms with Gasteiger partial charge in [-0.25, -0.2) is 4.39 Å². The van der Waals surface area contributed by atoms with E-state index in [1.165, 1.54) is 19.1 Å². The van der Waals surface area contributed by atoms with Crippen LogP contribution in [0.4, 0.5) is 10.1 Å². The molecular weight excluding hydrogens is 199 g/mol. The molecule has 0 radical (unpaired) electrons. The van der Waals surface area contributed by atoms with Crippen molar-refractivity contribution in [1.29, 1.82) is 0 Å². The van der Waals surface area contributed by atoms with E-state index < -0.39 is 11.9 Å². The zero-order chi connectivity index (χ0) is 11.4. The molecule has 0 fully saturated rings. The molecule has 0 saturated heterocycles. The number of halogens is 1. The largest absolute Gasteiger partial charge is 0.394 e. The summed E-state index contributed by atoms with van der Waals surface area (Å²) >= 11 is 0. The van der Waals surface area contributed by atoms with Crippen LogP contribution >= 0.6 is 0 Å². The van der Waals surface area contributed by atoms with Gasteiger partial charge < -0.3 is 16.2 Å². The van der Waals surface area contributed by atoms with E-state index in [1.54, 1.807) is 6.07 Å². The summed E-state index contributed by atoms with van der Waals surface area (Å²) in [7, 11) is 0. The molecule has 0 unspecified atom stereocenters. The molecule has 1 aromatic rings. The second-order valence-corrected chi connectivity index (χ2v) is 3.21. The van der Waals surface area contributed by atoms with Gasteiger partial charge in [-0.1, -0.05) is 6.07 Å². The van der Waals surface area contributed by atoms with Crippen molar-refractivity contribution >= 4 is 11.6 Å². The van der Waals surface area contributed by atoms with Crippen molar-refractivity contribution in [2.75, 3.05) is 11.9 Å². The van der Waals surface area contributed by atoms with Gasteiger partial charge in [-0.2, -0.15) is 0 Å². The van der Waals surface area contributed by atoms with E-state index in [0.29, 0.717) is 5.56 Å². The highest BCUT2D eigenvalue weighted by molar-refractivity contribution is 5.88. The van der Waals surface area contributed by atoms with Crippen LogP contribution in [-0.4, -0.2) is 17.6 Å². The molecule has 15 heavy (non-hydrogen) atoms. The Bertz CT molecular complexity index is 368. The quantitative estimate of drug-likeness (QED) is 0.693. The van der Waals surface area contributed by atoms with Crippen molar-refractivity contribution in [3.63, 3.8) is 0 Å². The third kappa shape index (κ3) is 3.00. The zero-order valence-corrected chi connectivity index (χ0v) is 8.33. The predicted molar refractivity (Wildman–Crippen MR) is 54.7 cm³/mol. The third-order valence-corrected chi connectivity index (χ3v) is 1.93. The standard InChI is InChI=1S/C10H13FN2O2/c1-6(15)13-10-3-2-7(4-8(10)11)9(12)5-14/h2-4,9,14H,5,12H2,1H3,(H,13,15)/t9-/m0/s1. The van der Waals surface area contributed by atoms with Crippen LogP contribution in [-0.2, 0) is 4.79 Å². The molecule has 1 amide bonds. The number of carbonyl (C=O) groups is 1. The number of anilines is 1. The number of hydrogen-bond acceptors (Lipinski definition) is 3. The van der Waals surface area contributed by atoms with Crippen molar-refractivity contribution in [1.82, 2.24) is 0 Å². The van der Waals surface area contributed by atoms with Gasteiger partial charge in [0.1, 0.15) is 5.82 Å². The second-order valence-electron chi connectivity index (χ2n) is 3.21. The van der Waals surface area contributed by atoms with Gasteiger partial charge in [0.25, 0.3) is 0 Å². The highest BCUT2D eigenvalue weighted by Gasteiger charge is 2.09. The number of rotatable bonds is 3. The number of amides is 1. The fourth-order valence-corrected chi connectivity index (χ4v) is 1.16. The monoisotopic (exact) mass is 212 g/mol. The molecule has 4 nitrogen and oxygen atoms in total. The van der Waals surface area contributed by atoms with E-state index in [4.69, 9.17) is 10.8 Å². The number of nitrogens with two attached hydrogens (primary N) is 1. The maximum atomic E-state index is 13.4. The van der Waals surface area contributed by atoms with Gasteiger partial charge in [-0.05, 0) is 17.7 Å². The fraction of sp³-hybridized carbons (Fsp3) is 0.300. The van der Waals surface area contributed by atoms with E-state index in [9.17, 15) is 9.18 Å². The van der Waals surface area contributed by atoms with E-state index in [2.05, 4.69) is 5.32 Å². The number of nitrogens with one attached hydrogen (secondary N) is 1.